The average Bonchev–Trinajstić information content (AvgIpc) is 3.27. The molecule has 1 aliphatic heterocycles. The summed E-state index contributed by atoms with van der Waals surface area (Å²) < 4.78 is 66.7. The molecular formula is C32H32F5N3O2. The van der Waals surface area contributed by atoms with E-state index >= 15 is 0 Å². The molecule has 0 bridgehead atoms. The lowest BCUT2D eigenvalue weighted by molar-refractivity contribution is -0.141. The maximum Gasteiger partial charge on any atom is 0.405 e. The Morgan fingerprint density at radius 2 is 1.43 bits per heavy atom. The minimum Gasteiger partial charge on any atom is -0.346 e. The normalized spacial score (nSPS) is 16.2. The maximum atomic E-state index is 14.0. The highest BCUT2D eigenvalue weighted by atomic mass is 19.4. The van der Waals surface area contributed by atoms with Crippen LogP contribution in [-0.2, 0) is 21.4 Å². The Labute approximate surface area is 241 Å². The summed E-state index contributed by atoms with van der Waals surface area (Å²) in [5, 5.41) is 2.16. The molecule has 3 aromatic carbocycles. The fourth-order valence-electron chi connectivity index (χ4n) is 6.19. The summed E-state index contributed by atoms with van der Waals surface area (Å²) in [6, 6.07) is 18.6. The van der Waals surface area contributed by atoms with E-state index in [0.29, 0.717) is 63.1 Å². The number of rotatable bonds is 9. The van der Waals surface area contributed by atoms with Crippen LogP contribution >= 0.6 is 0 Å². The Balaban J connectivity index is 1.21. The molecule has 1 fully saturated rings. The van der Waals surface area contributed by atoms with Gasteiger partial charge in [-0.1, -0.05) is 67.1 Å². The molecule has 0 saturated carbocycles. The predicted molar refractivity (Wildman–Crippen MR) is 149 cm³/mol. The Morgan fingerprint density at radius 1 is 0.810 bits per heavy atom. The molecule has 222 valence electrons. The third-order valence-electron chi connectivity index (χ3n) is 8.28. The van der Waals surface area contributed by atoms with Gasteiger partial charge in [0.1, 0.15) is 12.0 Å². The smallest absolute Gasteiger partial charge is 0.346 e. The van der Waals surface area contributed by atoms with Crippen LogP contribution in [0.2, 0.25) is 0 Å². The number of nitrogens with one attached hydrogen (secondary N) is 1. The average molecular weight is 586 g/mol. The van der Waals surface area contributed by atoms with Crippen LogP contribution in [-0.4, -0.2) is 67.1 Å². The molecule has 1 N–H and O–H groups in total. The van der Waals surface area contributed by atoms with E-state index in [9.17, 15) is 31.5 Å². The molecule has 1 aliphatic carbocycles. The van der Waals surface area contributed by atoms with Crippen LogP contribution in [0.5, 0.6) is 0 Å². The molecule has 0 unspecified atom stereocenters. The first kappa shape index (κ1) is 29.7. The molecule has 2 aliphatic rings. The van der Waals surface area contributed by atoms with E-state index in [1.165, 1.54) is 12.1 Å². The molecular weight excluding hydrogens is 553 g/mol. The number of unbranched alkanes of at least 4 members (excludes halogenated alkanes) is 1. The Kier molecular flexibility index (Phi) is 8.63. The van der Waals surface area contributed by atoms with E-state index in [4.69, 9.17) is 0 Å². The first-order valence-corrected chi connectivity index (χ1v) is 14.1. The van der Waals surface area contributed by atoms with Crippen molar-refractivity contribution >= 4 is 11.8 Å². The van der Waals surface area contributed by atoms with Gasteiger partial charge in [-0.15, -0.1) is 0 Å². The Bertz CT molecular complexity index is 1400. The number of halogens is 5. The van der Waals surface area contributed by atoms with Crippen molar-refractivity contribution in [2.24, 2.45) is 0 Å². The predicted octanol–water partition coefficient (Wildman–Crippen LogP) is 5.47. The fourth-order valence-corrected chi connectivity index (χ4v) is 6.19. The van der Waals surface area contributed by atoms with Crippen molar-refractivity contribution in [3.8, 4) is 11.1 Å². The number of fused-ring (bicyclic) bond motifs is 3. The molecule has 3 aromatic rings. The zero-order valence-electron chi connectivity index (χ0n) is 23.0. The molecule has 0 radical (unpaired) electrons. The van der Waals surface area contributed by atoms with Crippen LogP contribution in [0.1, 0.15) is 36.0 Å². The highest BCUT2D eigenvalue weighted by molar-refractivity contribution is 6.00. The molecule has 42 heavy (non-hydrogen) atoms. The summed E-state index contributed by atoms with van der Waals surface area (Å²) in [6.45, 7) is 1.44. The number of benzene rings is 3. The van der Waals surface area contributed by atoms with Gasteiger partial charge in [-0.05, 0) is 47.7 Å². The highest BCUT2D eigenvalue weighted by Gasteiger charge is 2.49. The molecule has 2 amide bonds. The summed E-state index contributed by atoms with van der Waals surface area (Å²) in [5.74, 6) is -2.89. The number of alkyl halides is 3. The second kappa shape index (κ2) is 12.2. The fraction of sp³-hybridized carbons (Fsp3) is 0.375. The summed E-state index contributed by atoms with van der Waals surface area (Å²) >= 11 is 0. The first-order chi connectivity index (χ1) is 20.1. The van der Waals surface area contributed by atoms with E-state index in [1.807, 2.05) is 36.4 Å². The number of piperazine rings is 1. The number of hydrogen-bond donors (Lipinski definition) is 1. The van der Waals surface area contributed by atoms with E-state index in [2.05, 4.69) is 10.2 Å². The van der Waals surface area contributed by atoms with E-state index < -0.39 is 35.7 Å². The van der Waals surface area contributed by atoms with Crippen molar-refractivity contribution < 1.29 is 31.5 Å². The minimum atomic E-state index is -4.52. The van der Waals surface area contributed by atoms with Crippen molar-refractivity contribution in [2.75, 3.05) is 39.3 Å². The largest absolute Gasteiger partial charge is 0.405 e. The third kappa shape index (κ3) is 6.04. The number of nitrogens with zero attached hydrogens (tertiary/aromatic N) is 2. The second-order valence-electron chi connectivity index (χ2n) is 10.9. The lowest BCUT2D eigenvalue weighted by Crippen LogP contribution is -2.49. The van der Waals surface area contributed by atoms with Crippen LogP contribution in [0.3, 0.4) is 0 Å². The molecule has 0 spiro atoms. The maximum absolute atomic E-state index is 14.0. The van der Waals surface area contributed by atoms with Gasteiger partial charge >= 0.3 is 6.18 Å². The van der Waals surface area contributed by atoms with Gasteiger partial charge in [-0.2, -0.15) is 13.2 Å². The van der Waals surface area contributed by atoms with E-state index in [1.54, 1.807) is 17.0 Å². The molecule has 10 heteroatoms. The van der Waals surface area contributed by atoms with Crippen LogP contribution in [0.25, 0.3) is 11.1 Å². The highest BCUT2D eigenvalue weighted by Crippen LogP contribution is 2.51. The van der Waals surface area contributed by atoms with Gasteiger partial charge in [-0.3, -0.25) is 14.5 Å². The zero-order chi connectivity index (χ0) is 29.9. The van der Waals surface area contributed by atoms with E-state index in [0.717, 1.165) is 17.2 Å². The lowest BCUT2D eigenvalue weighted by Gasteiger charge is -2.35. The van der Waals surface area contributed by atoms with Crippen molar-refractivity contribution in [3.63, 3.8) is 0 Å². The molecule has 1 saturated heterocycles. The van der Waals surface area contributed by atoms with Crippen molar-refractivity contribution in [1.29, 1.82) is 0 Å². The molecule has 5 rings (SSSR count). The number of carbonyl (C=O) groups excluding carboxylic acids is 2. The van der Waals surface area contributed by atoms with Crippen LogP contribution in [0, 0.1) is 11.6 Å². The van der Waals surface area contributed by atoms with Gasteiger partial charge in [0.05, 0.1) is 6.42 Å². The standard InChI is InChI=1S/C32H32F5N3O2/c33-27-13-7-8-22(29(27)34)20-28(41)40-18-16-39(17-19-40)15-6-5-14-31(30(42)38-21-32(35,36)37)25-11-3-1-9-23(25)24-10-2-4-12-26(24)31/h1-4,7-13H,5-6,14-21H2,(H,38,42). The van der Waals surface area contributed by atoms with Crippen molar-refractivity contribution in [2.45, 2.75) is 37.3 Å². The zero-order valence-corrected chi connectivity index (χ0v) is 23.0. The number of hydrogen-bond acceptors (Lipinski definition) is 3. The summed E-state index contributed by atoms with van der Waals surface area (Å²) in [6.07, 6.45) is -3.07. The van der Waals surface area contributed by atoms with Gasteiger partial charge in [0.2, 0.25) is 11.8 Å². The third-order valence-corrected chi connectivity index (χ3v) is 8.28. The first-order valence-electron chi connectivity index (χ1n) is 14.1. The van der Waals surface area contributed by atoms with Crippen molar-refractivity contribution in [1.82, 2.24) is 15.1 Å². The van der Waals surface area contributed by atoms with Gasteiger partial charge in [-0.25, -0.2) is 8.78 Å². The molecule has 1 heterocycles. The van der Waals surface area contributed by atoms with Crippen LogP contribution < -0.4 is 5.32 Å². The minimum absolute atomic E-state index is 0.0330. The molecule has 5 nitrogen and oxygen atoms in total. The van der Waals surface area contributed by atoms with Gasteiger partial charge in [0, 0.05) is 31.7 Å². The SMILES string of the molecule is O=C(Cc1cccc(F)c1F)N1CCN(CCCCC2(C(=O)NCC(F)(F)F)c3ccccc3-c3ccccc32)CC1. The second-order valence-corrected chi connectivity index (χ2v) is 10.9. The lowest BCUT2D eigenvalue weighted by atomic mass is 9.73. The molecule has 0 atom stereocenters. The Morgan fingerprint density at radius 3 is 2.05 bits per heavy atom. The number of carbonyl (C=O) groups is 2. The van der Waals surface area contributed by atoms with Crippen LogP contribution in [0.15, 0.2) is 66.7 Å². The van der Waals surface area contributed by atoms with Crippen molar-refractivity contribution in [3.05, 3.63) is 95.1 Å². The summed E-state index contributed by atoms with van der Waals surface area (Å²) in [4.78, 5) is 30.1. The van der Waals surface area contributed by atoms with Gasteiger partial charge in [0.25, 0.3) is 0 Å². The van der Waals surface area contributed by atoms with Gasteiger partial charge in [0.15, 0.2) is 11.6 Å². The Hall–Kier alpha value is -3.79. The topological polar surface area (TPSA) is 52.7 Å². The monoisotopic (exact) mass is 585 g/mol. The summed E-state index contributed by atoms with van der Waals surface area (Å²) in [5.41, 5.74) is 1.95. The quantitative estimate of drug-likeness (QED) is 0.268. The van der Waals surface area contributed by atoms with Gasteiger partial charge < -0.3 is 10.2 Å². The number of amides is 2. The summed E-state index contributed by atoms with van der Waals surface area (Å²) in [7, 11) is 0. The molecule has 0 aromatic heterocycles. The van der Waals surface area contributed by atoms with Crippen LogP contribution in [0.4, 0.5) is 22.0 Å². The van der Waals surface area contributed by atoms with E-state index in [-0.39, 0.29) is 17.9 Å².